The Hall–Kier alpha value is -1.50. The van der Waals surface area contributed by atoms with Gasteiger partial charge >= 0.3 is 6.09 Å². The highest BCUT2D eigenvalue weighted by Crippen LogP contribution is 2.26. The SMILES string of the molecule is C#CC(=O)C1CCC(NC(=O)OC(C)(C)C)C1. The zero-order valence-corrected chi connectivity index (χ0v) is 10.6. The molecule has 1 fully saturated rings. The van der Waals surface area contributed by atoms with E-state index < -0.39 is 11.7 Å². The number of hydrogen-bond acceptors (Lipinski definition) is 3. The summed E-state index contributed by atoms with van der Waals surface area (Å²) >= 11 is 0. The number of ketones is 1. The van der Waals surface area contributed by atoms with Crippen molar-refractivity contribution in [3.63, 3.8) is 0 Å². The third-order valence-corrected chi connectivity index (χ3v) is 2.67. The summed E-state index contributed by atoms with van der Waals surface area (Å²) in [5.41, 5.74) is -0.503. The van der Waals surface area contributed by atoms with Crippen LogP contribution in [0.5, 0.6) is 0 Å². The van der Waals surface area contributed by atoms with Crippen LogP contribution in [0.2, 0.25) is 0 Å². The van der Waals surface area contributed by atoms with Crippen LogP contribution in [0.1, 0.15) is 40.0 Å². The van der Waals surface area contributed by atoms with E-state index in [0.717, 1.165) is 12.8 Å². The van der Waals surface area contributed by atoms with E-state index in [2.05, 4.69) is 11.2 Å². The number of nitrogens with one attached hydrogen (secondary N) is 1. The Kier molecular flexibility index (Phi) is 4.17. The standard InChI is InChI=1S/C13H19NO3/c1-5-11(15)9-6-7-10(8-9)14-12(16)17-13(2,3)4/h1,9-10H,6-8H2,2-4H3,(H,14,16). The number of ether oxygens (including phenoxy) is 1. The lowest BCUT2D eigenvalue weighted by Gasteiger charge is -2.21. The molecule has 4 heteroatoms. The minimum Gasteiger partial charge on any atom is -0.444 e. The first-order valence-corrected chi connectivity index (χ1v) is 5.82. The Morgan fingerprint density at radius 3 is 2.53 bits per heavy atom. The van der Waals surface area contributed by atoms with E-state index in [1.54, 1.807) is 0 Å². The van der Waals surface area contributed by atoms with Crippen molar-refractivity contribution >= 4 is 11.9 Å². The molecule has 2 unspecified atom stereocenters. The second kappa shape index (κ2) is 5.22. The molecule has 1 saturated carbocycles. The highest BCUT2D eigenvalue weighted by Gasteiger charge is 2.30. The molecule has 0 saturated heterocycles. The van der Waals surface area contributed by atoms with Gasteiger partial charge in [0.2, 0.25) is 5.78 Å². The van der Waals surface area contributed by atoms with Crippen molar-refractivity contribution in [2.24, 2.45) is 5.92 Å². The van der Waals surface area contributed by atoms with Gasteiger partial charge in [0.15, 0.2) is 0 Å². The molecule has 1 N–H and O–H groups in total. The van der Waals surface area contributed by atoms with Gasteiger partial charge in [-0.3, -0.25) is 4.79 Å². The van der Waals surface area contributed by atoms with Crippen LogP contribution < -0.4 is 5.32 Å². The van der Waals surface area contributed by atoms with Crippen LogP contribution in [-0.2, 0) is 9.53 Å². The average molecular weight is 237 g/mol. The molecular formula is C13H19NO3. The van der Waals surface area contributed by atoms with Crippen LogP contribution >= 0.6 is 0 Å². The number of rotatable bonds is 2. The molecule has 0 aromatic carbocycles. The minimum atomic E-state index is -0.503. The third-order valence-electron chi connectivity index (χ3n) is 2.67. The lowest BCUT2D eigenvalue weighted by atomic mass is 10.0. The summed E-state index contributed by atoms with van der Waals surface area (Å²) in [6, 6.07) is -0.00727. The maximum atomic E-state index is 11.5. The normalized spacial score (nSPS) is 23.9. The number of Topliss-reactive ketones (excluding diaryl/α,β-unsaturated/α-hetero) is 1. The molecule has 0 aromatic heterocycles. The van der Waals surface area contributed by atoms with Crippen LogP contribution in [0.25, 0.3) is 0 Å². The van der Waals surface area contributed by atoms with Crippen molar-refractivity contribution in [1.82, 2.24) is 5.32 Å². The van der Waals surface area contributed by atoms with Gasteiger partial charge in [-0.15, -0.1) is 6.42 Å². The number of carbonyl (C=O) groups is 2. The Labute approximate surface area is 102 Å². The van der Waals surface area contributed by atoms with Crippen LogP contribution in [0.3, 0.4) is 0 Å². The van der Waals surface area contributed by atoms with Crippen LogP contribution in [-0.4, -0.2) is 23.5 Å². The van der Waals surface area contributed by atoms with Gasteiger partial charge in [-0.25, -0.2) is 4.79 Å². The molecule has 0 heterocycles. The van der Waals surface area contributed by atoms with Crippen molar-refractivity contribution < 1.29 is 14.3 Å². The average Bonchev–Trinajstić information content (AvgIpc) is 2.62. The predicted octanol–water partition coefficient (Wildman–Crippen LogP) is 1.88. The minimum absolute atomic E-state index is 0.00727. The molecule has 94 valence electrons. The van der Waals surface area contributed by atoms with E-state index in [4.69, 9.17) is 11.2 Å². The Morgan fingerprint density at radius 2 is 2.00 bits per heavy atom. The number of hydrogen-bond donors (Lipinski definition) is 1. The maximum absolute atomic E-state index is 11.5. The maximum Gasteiger partial charge on any atom is 0.407 e. The third kappa shape index (κ3) is 4.48. The van der Waals surface area contributed by atoms with Gasteiger partial charge in [0.25, 0.3) is 0 Å². The van der Waals surface area contributed by atoms with Crippen LogP contribution in [0.15, 0.2) is 0 Å². The Morgan fingerprint density at radius 1 is 1.35 bits per heavy atom. The molecule has 0 radical (unpaired) electrons. The molecule has 1 aliphatic rings. The summed E-state index contributed by atoms with van der Waals surface area (Å²) in [6.45, 7) is 5.43. The fraction of sp³-hybridized carbons (Fsp3) is 0.692. The molecule has 0 aliphatic heterocycles. The Bertz CT molecular complexity index is 349. The van der Waals surface area contributed by atoms with E-state index in [9.17, 15) is 9.59 Å². The molecule has 0 bridgehead atoms. The summed E-state index contributed by atoms with van der Waals surface area (Å²) in [5.74, 6) is 1.86. The van der Waals surface area contributed by atoms with Gasteiger partial charge in [0.05, 0.1) is 0 Å². The second-order valence-corrected chi connectivity index (χ2v) is 5.36. The fourth-order valence-corrected chi connectivity index (χ4v) is 1.94. The summed E-state index contributed by atoms with van der Waals surface area (Å²) in [5, 5.41) is 2.76. The first-order valence-electron chi connectivity index (χ1n) is 5.82. The highest BCUT2D eigenvalue weighted by atomic mass is 16.6. The number of terminal acetylenes is 1. The van der Waals surface area contributed by atoms with Gasteiger partial charge in [0.1, 0.15) is 5.60 Å². The number of carbonyl (C=O) groups excluding carboxylic acids is 2. The first kappa shape index (κ1) is 13.6. The van der Waals surface area contributed by atoms with Gasteiger partial charge in [-0.1, -0.05) is 0 Å². The van der Waals surface area contributed by atoms with Crippen molar-refractivity contribution in [3.8, 4) is 12.3 Å². The van der Waals surface area contributed by atoms with Crippen LogP contribution in [0.4, 0.5) is 4.79 Å². The first-order chi connectivity index (χ1) is 7.81. The molecular weight excluding hydrogens is 218 g/mol. The molecule has 1 rings (SSSR count). The van der Waals surface area contributed by atoms with E-state index in [1.165, 1.54) is 0 Å². The zero-order chi connectivity index (χ0) is 13.1. The second-order valence-electron chi connectivity index (χ2n) is 5.36. The van der Waals surface area contributed by atoms with Gasteiger partial charge in [-0.05, 0) is 46.0 Å². The quantitative estimate of drug-likeness (QED) is 0.589. The Balaban J connectivity index is 2.38. The van der Waals surface area contributed by atoms with Gasteiger partial charge in [-0.2, -0.15) is 0 Å². The largest absolute Gasteiger partial charge is 0.444 e. The summed E-state index contributed by atoms with van der Waals surface area (Å²) < 4.78 is 5.15. The zero-order valence-electron chi connectivity index (χ0n) is 10.6. The highest BCUT2D eigenvalue weighted by molar-refractivity contribution is 5.96. The van der Waals surface area contributed by atoms with Gasteiger partial charge in [0, 0.05) is 12.0 Å². The smallest absolute Gasteiger partial charge is 0.407 e. The fourth-order valence-electron chi connectivity index (χ4n) is 1.94. The monoisotopic (exact) mass is 237 g/mol. The lowest BCUT2D eigenvalue weighted by Crippen LogP contribution is -2.38. The summed E-state index contributed by atoms with van der Waals surface area (Å²) in [6.07, 6.45) is 6.76. The predicted molar refractivity (Wildman–Crippen MR) is 64.3 cm³/mol. The van der Waals surface area contributed by atoms with E-state index in [-0.39, 0.29) is 17.7 Å². The number of amides is 1. The lowest BCUT2D eigenvalue weighted by molar-refractivity contribution is -0.117. The molecule has 2 atom stereocenters. The van der Waals surface area contributed by atoms with E-state index in [0.29, 0.717) is 6.42 Å². The van der Waals surface area contributed by atoms with E-state index >= 15 is 0 Å². The molecule has 17 heavy (non-hydrogen) atoms. The molecule has 4 nitrogen and oxygen atoms in total. The van der Waals surface area contributed by atoms with Crippen molar-refractivity contribution in [3.05, 3.63) is 0 Å². The molecule has 0 aromatic rings. The van der Waals surface area contributed by atoms with E-state index in [1.807, 2.05) is 20.8 Å². The summed E-state index contributed by atoms with van der Waals surface area (Å²) in [4.78, 5) is 22.8. The van der Waals surface area contributed by atoms with Crippen molar-refractivity contribution in [2.75, 3.05) is 0 Å². The van der Waals surface area contributed by atoms with Crippen molar-refractivity contribution in [1.29, 1.82) is 0 Å². The van der Waals surface area contributed by atoms with Crippen LogP contribution in [0, 0.1) is 18.3 Å². The van der Waals surface area contributed by atoms with Crippen molar-refractivity contribution in [2.45, 2.75) is 51.7 Å². The number of alkyl carbamates (subject to hydrolysis) is 1. The van der Waals surface area contributed by atoms with Gasteiger partial charge < -0.3 is 10.1 Å². The topological polar surface area (TPSA) is 55.4 Å². The molecule has 0 spiro atoms. The summed E-state index contributed by atoms with van der Waals surface area (Å²) in [7, 11) is 0. The molecule has 1 aliphatic carbocycles. The molecule has 1 amide bonds.